The Hall–Kier alpha value is -3.61. The highest BCUT2D eigenvalue weighted by Gasteiger charge is 2.31. The zero-order chi connectivity index (χ0) is 18.9. The second kappa shape index (κ2) is 6.84. The van der Waals surface area contributed by atoms with Crippen molar-refractivity contribution in [2.45, 2.75) is 6.04 Å². The summed E-state index contributed by atoms with van der Waals surface area (Å²) in [5.41, 5.74) is 2.78. The number of likely N-dealkylation sites (tertiary alicyclic amines) is 1. The summed E-state index contributed by atoms with van der Waals surface area (Å²) in [5, 5.41) is 8.46. The fourth-order valence-electron chi connectivity index (χ4n) is 3.29. The number of aromatic nitrogens is 3. The molecule has 28 heavy (non-hydrogen) atoms. The van der Waals surface area contributed by atoms with Crippen molar-refractivity contribution in [1.29, 1.82) is 0 Å². The van der Waals surface area contributed by atoms with Gasteiger partial charge in [0, 0.05) is 24.7 Å². The van der Waals surface area contributed by atoms with E-state index in [2.05, 4.69) is 10.3 Å². The molecule has 5 rings (SSSR count). The molecule has 0 unspecified atom stereocenters. The Kier molecular flexibility index (Phi) is 4.05. The highest BCUT2D eigenvalue weighted by atomic mass is 16.7. The van der Waals surface area contributed by atoms with Gasteiger partial charge >= 0.3 is 0 Å². The molecule has 2 aliphatic rings. The van der Waals surface area contributed by atoms with Gasteiger partial charge in [-0.3, -0.25) is 4.79 Å². The van der Waals surface area contributed by atoms with E-state index in [-0.39, 0.29) is 18.7 Å². The van der Waals surface area contributed by atoms with Gasteiger partial charge in [-0.05, 0) is 23.8 Å². The normalized spacial score (nSPS) is 15.8. The smallest absolute Gasteiger partial charge is 0.246 e. The van der Waals surface area contributed by atoms with Crippen molar-refractivity contribution >= 4 is 12.0 Å². The van der Waals surface area contributed by atoms with Gasteiger partial charge in [0.15, 0.2) is 11.5 Å². The second-order valence-electron chi connectivity index (χ2n) is 6.79. The van der Waals surface area contributed by atoms with Crippen LogP contribution in [0, 0.1) is 0 Å². The van der Waals surface area contributed by atoms with Crippen LogP contribution in [0.4, 0.5) is 0 Å². The number of carbonyl (C=O) groups excluding carboxylic acids is 1. The molecular formula is C21H18N4O3. The van der Waals surface area contributed by atoms with Gasteiger partial charge < -0.3 is 14.4 Å². The van der Waals surface area contributed by atoms with Gasteiger partial charge in [0.2, 0.25) is 12.7 Å². The van der Waals surface area contributed by atoms with Crippen LogP contribution in [-0.4, -0.2) is 45.7 Å². The molecule has 0 aliphatic carbocycles. The fourth-order valence-corrected chi connectivity index (χ4v) is 3.29. The Labute approximate surface area is 161 Å². The predicted octanol–water partition coefficient (Wildman–Crippen LogP) is 2.77. The Morgan fingerprint density at radius 1 is 1.07 bits per heavy atom. The Bertz CT molecular complexity index is 1040. The topological polar surface area (TPSA) is 69.5 Å². The van der Waals surface area contributed by atoms with Crippen molar-refractivity contribution in [3.05, 3.63) is 66.4 Å². The van der Waals surface area contributed by atoms with Crippen LogP contribution >= 0.6 is 0 Å². The Balaban J connectivity index is 1.19. The van der Waals surface area contributed by atoms with E-state index < -0.39 is 0 Å². The summed E-state index contributed by atoms with van der Waals surface area (Å²) in [7, 11) is 0. The average molecular weight is 374 g/mol. The Morgan fingerprint density at radius 3 is 2.75 bits per heavy atom. The quantitative estimate of drug-likeness (QED) is 0.657. The van der Waals surface area contributed by atoms with E-state index in [1.807, 2.05) is 59.4 Å². The SMILES string of the molecule is O=C(/C=C/c1ccc2c(c1)OCO2)N1CC(n2cc(-c3ccccc3)nn2)C1. The molecule has 0 bridgehead atoms. The van der Waals surface area contributed by atoms with Crippen LogP contribution in [0.15, 0.2) is 60.8 Å². The maximum atomic E-state index is 12.4. The van der Waals surface area contributed by atoms with Crippen LogP contribution < -0.4 is 9.47 Å². The van der Waals surface area contributed by atoms with E-state index in [9.17, 15) is 4.79 Å². The number of hydrogen-bond donors (Lipinski definition) is 0. The number of benzene rings is 2. The fraction of sp³-hybridized carbons (Fsp3) is 0.190. The molecule has 3 aromatic rings. The molecule has 0 N–H and O–H groups in total. The number of ether oxygens (including phenoxy) is 2. The number of rotatable bonds is 4. The van der Waals surface area contributed by atoms with Gasteiger partial charge in [-0.2, -0.15) is 0 Å². The molecule has 1 amide bonds. The molecule has 0 radical (unpaired) electrons. The second-order valence-corrected chi connectivity index (χ2v) is 6.79. The predicted molar refractivity (Wildman–Crippen MR) is 103 cm³/mol. The summed E-state index contributed by atoms with van der Waals surface area (Å²) in [6.07, 6.45) is 5.31. The number of nitrogens with zero attached hydrogens (tertiary/aromatic N) is 4. The van der Waals surface area contributed by atoms with E-state index >= 15 is 0 Å². The zero-order valence-corrected chi connectivity index (χ0v) is 15.1. The number of carbonyl (C=O) groups is 1. The maximum absolute atomic E-state index is 12.4. The average Bonchev–Trinajstić information content (AvgIpc) is 3.35. The molecule has 1 fully saturated rings. The summed E-state index contributed by atoms with van der Waals surface area (Å²) >= 11 is 0. The lowest BCUT2D eigenvalue weighted by molar-refractivity contribution is -0.131. The van der Waals surface area contributed by atoms with Crippen LogP contribution in [0.3, 0.4) is 0 Å². The first-order chi connectivity index (χ1) is 13.8. The molecule has 7 nitrogen and oxygen atoms in total. The van der Waals surface area contributed by atoms with Crippen molar-refractivity contribution in [3.63, 3.8) is 0 Å². The molecule has 7 heteroatoms. The third-order valence-corrected chi connectivity index (χ3v) is 4.94. The Morgan fingerprint density at radius 2 is 1.89 bits per heavy atom. The van der Waals surface area contributed by atoms with Crippen molar-refractivity contribution < 1.29 is 14.3 Å². The van der Waals surface area contributed by atoms with Crippen LogP contribution in [0.25, 0.3) is 17.3 Å². The maximum Gasteiger partial charge on any atom is 0.246 e. The minimum Gasteiger partial charge on any atom is -0.454 e. The number of amides is 1. The first kappa shape index (κ1) is 16.6. The lowest BCUT2D eigenvalue weighted by atomic mass is 10.1. The number of fused-ring (bicyclic) bond motifs is 1. The summed E-state index contributed by atoms with van der Waals surface area (Å²) < 4.78 is 12.5. The minimum absolute atomic E-state index is 0.0164. The highest BCUT2D eigenvalue weighted by molar-refractivity contribution is 5.92. The van der Waals surface area contributed by atoms with Crippen LogP contribution in [0.1, 0.15) is 11.6 Å². The van der Waals surface area contributed by atoms with Crippen LogP contribution in [0.2, 0.25) is 0 Å². The monoisotopic (exact) mass is 374 g/mol. The highest BCUT2D eigenvalue weighted by Crippen LogP contribution is 2.33. The van der Waals surface area contributed by atoms with Gasteiger partial charge in [0.1, 0.15) is 5.69 Å². The largest absolute Gasteiger partial charge is 0.454 e. The van der Waals surface area contributed by atoms with Crippen molar-refractivity contribution in [2.75, 3.05) is 19.9 Å². The van der Waals surface area contributed by atoms with E-state index in [0.29, 0.717) is 18.8 Å². The van der Waals surface area contributed by atoms with Crippen LogP contribution in [0.5, 0.6) is 11.5 Å². The zero-order valence-electron chi connectivity index (χ0n) is 15.1. The van der Waals surface area contributed by atoms with E-state index in [1.54, 1.807) is 17.1 Å². The third kappa shape index (κ3) is 3.11. The van der Waals surface area contributed by atoms with Gasteiger partial charge in [0.05, 0.1) is 12.2 Å². The first-order valence-electron chi connectivity index (χ1n) is 9.10. The van der Waals surface area contributed by atoms with Gasteiger partial charge in [0.25, 0.3) is 0 Å². The lowest BCUT2D eigenvalue weighted by Crippen LogP contribution is -2.50. The first-order valence-corrected chi connectivity index (χ1v) is 9.10. The van der Waals surface area contributed by atoms with Crippen molar-refractivity contribution in [3.8, 4) is 22.8 Å². The van der Waals surface area contributed by atoms with Gasteiger partial charge in [-0.1, -0.05) is 41.6 Å². The molecule has 1 aromatic heterocycles. The summed E-state index contributed by atoms with van der Waals surface area (Å²) in [6.45, 7) is 1.49. The molecule has 0 spiro atoms. The summed E-state index contributed by atoms with van der Waals surface area (Å²) in [6, 6.07) is 15.7. The minimum atomic E-state index is -0.0164. The molecule has 2 aromatic carbocycles. The van der Waals surface area contributed by atoms with Crippen molar-refractivity contribution in [2.24, 2.45) is 0 Å². The standard InChI is InChI=1S/C21H18N4O3/c26-21(9-7-15-6-8-19-20(10-15)28-14-27-19)24-11-17(12-24)25-13-18(22-23-25)16-4-2-1-3-5-16/h1-10,13,17H,11-12,14H2/b9-7+. The summed E-state index contributed by atoms with van der Waals surface area (Å²) in [5.74, 6) is 1.42. The number of hydrogen-bond acceptors (Lipinski definition) is 5. The van der Waals surface area contributed by atoms with Gasteiger partial charge in [-0.15, -0.1) is 5.10 Å². The van der Waals surface area contributed by atoms with Gasteiger partial charge in [-0.25, -0.2) is 4.68 Å². The van der Waals surface area contributed by atoms with E-state index in [1.165, 1.54) is 0 Å². The molecule has 1 saturated heterocycles. The van der Waals surface area contributed by atoms with E-state index in [4.69, 9.17) is 9.47 Å². The summed E-state index contributed by atoms with van der Waals surface area (Å²) in [4.78, 5) is 14.2. The molecule has 2 aliphatic heterocycles. The molecule has 0 atom stereocenters. The van der Waals surface area contributed by atoms with E-state index in [0.717, 1.165) is 22.6 Å². The molecule has 0 saturated carbocycles. The van der Waals surface area contributed by atoms with Crippen LogP contribution in [-0.2, 0) is 4.79 Å². The lowest BCUT2D eigenvalue weighted by Gasteiger charge is -2.38. The third-order valence-electron chi connectivity index (χ3n) is 4.94. The molecule has 140 valence electrons. The molecule has 3 heterocycles. The van der Waals surface area contributed by atoms with Crippen molar-refractivity contribution in [1.82, 2.24) is 19.9 Å². The molecular weight excluding hydrogens is 356 g/mol.